The maximum absolute atomic E-state index is 14.3. The number of aromatic nitrogens is 7. The van der Waals surface area contributed by atoms with Gasteiger partial charge in [0.15, 0.2) is 0 Å². The summed E-state index contributed by atoms with van der Waals surface area (Å²) in [5.74, 6) is -3.82. The third-order valence-electron chi connectivity index (χ3n) is 12.7. The zero-order chi connectivity index (χ0) is 59.6. The number of ether oxygens (including phenoxy) is 1. The van der Waals surface area contributed by atoms with E-state index in [-0.39, 0.29) is 53.1 Å². The van der Waals surface area contributed by atoms with Crippen molar-refractivity contribution in [1.82, 2.24) is 56.2 Å². The van der Waals surface area contributed by atoms with Crippen LogP contribution in [0.5, 0.6) is 0 Å². The van der Waals surface area contributed by atoms with Crippen LogP contribution in [0.15, 0.2) is 88.3 Å². The first-order chi connectivity index (χ1) is 40.5. The van der Waals surface area contributed by atoms with Crippen molar-refractivity contribution in [2.24, 2.45) is 11.7 Å². The Hall–Kier alpha value is -8.38. The number of pyridine rings is 1. The van der Waals surface area contributed by atoms with Gasteiger partial charge in [-0.15, -0.1) is 68.0 Å². The Morgan fingerprint density at radius 3 is 2.15 bits per heavy atom. The van der Waals surface area contributed by atoms with Gasteiger partial charge in [0, 0.05) is 52.5 Å². The number of aromatic carboxylic acids is 1. The fraction of sp³-hybridized carbons (Fsp3) is 0.250. The van der Waals surface area contributed by atoms with Crippen LogP contribution in [0.4, 0.5) is 5.82 Å². The highest BCUT2D eigenvalue weighted by Gasteiger charge is 2.31. The molecule has 0 radical (unpaired) electrons. The molecule has 0 fully saturated rings. The number of carboxylic acids is 1. The van der Waals surface area contributed by atoms with Crippen LogP contribution >= 0.6 is 68.0 Å². The molecule has 0 bridgehead atoms. The molecule has 2 atom stereocenters. The van der Waals surface area contributed by atoms with Crippen molar-refractivity contribution >= 4 is 116 Å². The first kappa shape index (κ1) is 60.2. The molecule has 9 aromatic rings. The van der Waals surface area contributed by atoms with Gasteiger partial charge in [-0.3, -0.25) is 33.7 Å². The van der Waals surface area contributed by atoms with Crippen molar-refractivity contribution in [3.05, 3.63) is 147 Å². The van der Waals surface area contributed by atoms with E-state index in [1.54, 1.807) is 47.2 Å². The van der Waals surface area contributed by atoms with Crippen LogP contribution in [0, 0.1) is 12.8 Å². The molecule has 0 aliphatic carbocycles. The minimum absolute atomic E-state index is 0.0394. The SMILES string of the molecule is CNC(=O)C[C@H](NC(=O)c1csc(-c2ccc(-c3nc(N(C=O)Cc4ccc(C(=O)O)cc4)cs3)nc2-c2csc(-c3csc(CCc4ccccc4)n3)n2)n1)c1nc(C(=O)NC(c2nc(C(=O)NCC(N)=O)c(COC)s2)C(C)C)c(C)s1. The Morgan fingerprint density at radius 1 is 0.714 bits per heavy atom. The number of nitrogens with two attached hydrogens (primary N) is 1. The van der Waals surface area contributed by atoms with E-state index in [1.807, 2.05) is 48.9 Å². The Bertz CT molecular complexity index is 3870. The smallest absolute Gasteiger partial charge is 0.335 e. The lowest BCUT2D eigenvalue weighted by atomic mass is 10.0. The van der Waals surface area contributed by atoms with Crippen LogP contribution in [0.3, 0.4) is 0 Å². The minimum Gasteiger partial charge on any atom is -0.478 e. The Morgan fingerprint density at radius 2 is 1.44 bits per heavy atom. The average Bonchev–Trinajstić information content (AvgIpc) is 4.52. The van der Waals surface area contributed by atoms with Gasteiger partial charge < -0.3 is 36.8 Å². The van der Waals surface area contributed by atoms with Crippen molar-refractivity contribution in [2.75, 3.05) is 25.6 Å². The van der Waals surface area contributed by atoms with Gasteiger partial charge in [-0.1, -0.05) is 56.3 Å². The van der Waals surface area contributed by atoms with Crippen molar-refractivity contribution in [2.45, 2.75) is 65.3 Å². The van der Waals surface area contributed by atoms with Gasteiger partial charge in [0.2, 0.25) is 18.2 Å². The van der Waals surface area contributed by atoms with Crippen molar-refractivity contribution in [3.8, 4) is 43.4 Å². The number of methoxy groups -OCH3 is 1. The summed E-state index contributed by atoms with van der Waals surface area (Å²) in [4.78, 5) is 126. The van der Waals surface area contributed by atoms with Gasteiger partial charge in [0.25, 0.3) is 17.7 Å². The summed E-state index contributed by atoms with van der Waals surface area (Å²) >= 11 is 7.77. The van der Waals surface area contributed by atoms with Gasteiger partial charge in [-0.05, 0) is 54.7 Å². The van der Waals surface area contributed by atoms with Gasteiger partial charge in [0.1, 0.15) is 65.0 Å². The number of hydrogen-bond donors (Lipinski definition) is 6. The molecule has 9 rings (SSSR count). The van der Waals surface area contributed by atoms with Crippen LogP contribution in [0.25, 0.3) is 43.4 Å². The number of thiazole rings is 6. The van der Waals surface area contributed by atoms with Crippen LogP contribution in [-0.2, 0) is 45.1 Å². The largest absolute Gasteiger partial charge is 0.478 e. The monoisotopic (exact) mass is 1240 g/mol. The number of carbonyl (C=O) groups excluding carboxylic acids is 6. The lowest BCUT2D eigenvalue weighted by Gasteiger charge is -2.20. The first-order valence-electron chi connectivity index (χ1n) is 25.7. The molecule has 2 aromatic carbocycles. The summed E-state index contributed by atoms with van der Waals surface area (Å²) in [5.41, 5.74) is 10.1. The van der Waals surface area contributed by atoms with Crippen molar-refractivity contribution in [3.63, 3.8) is 0 Å². The zero-order valence-electron chi connectivity index (χ0n) is 45.5. The number of aryl methyl sites for hydroxylation is 3. The van der Waals surface area contributed by atoms with Gasteiger partial charge in [0.05, 0.1) is 59.3 Å². The molecule has 7 N–H and O–H groups in total. The molecule has 7 heterocycles. The maximum Gasteiger partial charge on any atom is 0.335 e. The number of carboxylic acid groups (broad SMARTS) is 1. The molecule has 7 aromatic heterocycles. The molecule has 28 heteroatoms. The highest BCUT2D eigenvalue weighted by molar-refractivity contribution is 7.15. The molecule has 432 valence electrons. The number of nitrogens with one attached hydrogen (secondary N) is 4. The second-order valence-electron chi connectivity index (χ2n) is 19.0. The highest BCUT2D eigenvalue weighted by atomic mass is 32.1. The van der Waals surface area contributed by atoms with E-state index in [0.29, 0.717) is 70.2 Å². The summed E-state index contributed by atoms with van der Waals surface area (Å²) in [6.45, 7) is 5.26. The lowest BCUT2D eigenvalue weighted by molar-refractivity contribution is -0.121. The highest BCUT2D eigenvalue weighted by Crippen LogP contribution is 2.39. The maximum atomic E-state index is 14.3. The summed E-state index contributed by atoms with van der Waals surface area (Å²) in [7, 11) is 2.94. The molecule has 0 saturated heterocycles. The van der Waals surface area contributed by atoms with E-state index < -0.39 is 54.1 Å². The molecule has 0 spiro atoms. The average molecular weight is 1240 g/mol. The third kappa shape index (κ3) is 14.5. The number of anilines is 1. The number of benzene rings is 2. The Balaban J connectivity index is 0.977. The zero-order valence-corrected chi connectivity index (χ0v) is 50.4. The fourth-order valence-electron chi connectivity index (χ4n) is 8.38. The second kappa shape index (κ2) is 27.3. The van der Waals surface area contributed by atoms with Crippen LogP contribution in [0.2, 0.25) is 0 Å². The molecular weight excluding hydrogens is 1190 g/mol. The van der Waals surface area contributed by atoms with E-state index in [4.69, 9.17) is 35.4 Å². The van der Waals surface area contributed by atoms with Gasteiger partial charge in [-0.2, -0.15) is 0 Å². The molecule has 84 heavy (non-hydrogen) atoms. The van der Waals surface area contributed by atoms with E-state index in [1.165, 1.54) is 82.1 Å². The van der Waals surface area contributed by atoms with E-state index >= 15 is 0 Å². The molecule has 1 unspecified atom stereocenters. The molecular formula is C56H53N13O9S6. The minimum atomic E-state index is -1.06. The number of hydrogen-bond acceptors (Lipinski definition) is 21. The molecule has 22 nitrogen and oxygen atoms in total. The quantitative estimate of drug-likeness (QED) is 0.0277. The predicted molar refractivity (Wildman–Crippen MR) is 323 cm³/mol. The van der Waals surface area contributed by atoms with Crippen LogP contribution < -0.4 is 31.9 Å². The fourth-order valence-corrected chi connectivity index (χ4v) is 13.8. The van der Waals surface area contributed by atoms with E-state index in [9.17, 15) is 38.7 Å². The normalized spacial score (nSPS) is 11.9. The molecule has 6 amide bonds. The number of carbonyl (C=O) groups is 7. The lowest BCUT2D eigenvalue weighted by Crippen LogP contribution is -2.34. The summed E-state index contributed by atoms with van der Waals surface area (Å²) < 4.78 is 5.31. The number of primary amides is 1. The van der Waals surface area contributed by atoms with Crippen molar-refractivity contribution in [1.29, 1.82) is 0 Å². The van der Waals surface area contributed by atoms with E-state index in [2.05, 4.69) is 43.4 Å². The summed E-state index contributed by atoms with van der Waals surface area (Å²) in [6.07, 6.45) is 2.05. The predicted octanol–water partition coefficient (Wildman–Crippen LogP) is 8.54. The number of amides is 6. The summed E-state index contributed by atoms with van der Waals surface area (Å²) in [6, 6.07) is 18.4. The first-order valence-corrected chi connectivity index (χ1v) is 30.9. The van der Waals surface area contributed by atoms with Gasteiger partial charge >= 0.3 is 5.97 Å². The van der Waals surface area contributed by atoms with Crippen LogP contribution in [-0.4, -0.2) is 103 Å². The van der Waals surface area contributed by atoms with Crippen molar-refractivity contribution < 1.29 is 43.4 Å². The Labute approximate surface area is 504 Å². The Kier molecular flexibility index (Phi) is 19.6. The second-order valence-corrected chi connectivity index (χ2v) is 24.9. The number of nitrogens with zero attached hydrogens (tertiary/aromatic N) is 8. The molecule has 0 aliphatic heterocycles. The summed E-state index contributed by atoms with van der Waals surface area (Å²) in [5, 5.41) is 30.8. The molecule has 0 aliphatic rings. The molecule has 0 saturated carbocycles. The topological polar surface area (TPSA) is 317 Å². The van der Waals surface area contributed by atoms with E-state index in [0.717, 1.165) is 34.9 Å². The number of rotatable bonds is 26. The van der Waals surface area contributed by atoms with Gasteiger partial charge in [-0.25, -0.2) is 39.7 Å². The standard InChI is InChI=1S/C56H53N13O9S6/c1-28(2)44(55-68-47(39(84-55)22-78-5)49(74)59-20-40(57)71)66-50(75)45-29(3)83-54(67-45)35(19-42(72)58-4)62-48(73)37-24-80-51(64-37)33-16-17-34(52-65-41(26-82-52)69(27-70)21-31-11-14-32(15-12-31)56(76)77)61-46(33)36-23-81-53(63-36)38-25-79-43(60-38)18-13-30-9-7-6-8-10-30/h6-12,14-17,23-28,35,44H,13,18-22H2,1-5H3,(H2,57,71)(H,58,72)(H,59,74)(H,62,73)(H,66,75)(H,76,77)/t35-,44?/m0/s1. The van der Waals surface area contributed by atoms with Crippen LogP contribution in [0.1, 0.15) is 110 Å². The third-order valence-corrected chi connectivity index (χ3v) is 18.4.